The van der Waals surface area contributed by atoms with Crippen molar-refractivity contribution in [2.24, 2.45) is 0 Å². The van der Waals surface area contributed by atoms with E-state index in [-0.39, 0.29) is 6.04 Å². The summed E-state index contributed by atoms with van der Waals surface area (Å²) in [6, 6.07) is 3.59. The van der Waals surface area contributed by atoms with Gasteiger partial charge in [0.1, 0.15) is 11.3 Å². The number of imidazole rings is 1. The minimum atomic E-state index is -0.417. The second kappa shape index (κ2) is 5.71. The summed E-state index contributed by atoms with van der Waals surface area (Å²) >= 11 is 0. The van der Waals surface area contributed by atoms with Gasteiger partial charge in [-0.1, -0.05) is 6.08 Å². The normalized spacial score (nSPS) is 17.4. The van der Waals surface area contributed by atoms with Gasteiger partial charge in [0.15, 0.2) is 0 Å². The van der Waals surface area contributed by atoms with E-state index in [1.54, 1.807) is 12.1 Å². The van der Waals surface area contributed by atoms with Crippen molar-refractivity contribution >= 4 is 23.0 Å². The maximum Gasteiger partial charge on any atom is 0.338 e. The number of aromatic nitrogens is 2. The number of nitrogens with zero attached hydrogens (tertiary/aromatic N) is 2. The first-order valence-corrected chi connectivity index (χ1v) is 7.29. The van der Waals surface area contributed by atoms with Crippen molar-refractivity contribution in [3.63, 3.8) is 0 Å². The Morgan fingerprint density at radius 1 is 1.64 bits per heavy atom. The van der Waals surface area contributed by atoms with Gasteiger partial charge in [-0.15, -0.1) is 6.58 Å². The minimum Gasteiger partial charge on any atom is -0.491 e. The molecular weight excluding hydrogens is 282 g/mol. The number of rotatable bonds is 3. The predicted octanol–water partition coefficient (Wildman–Crippen LogP) is 2.69. The van der Waals surface area contributed by atoms with Gasteiger partial charge in [0.2, 0.25) is 5.95 Å². The fourth-order valence-electron chi connectivity index (χ4n) is 2.97. The van der Waals surface area contributed by atoms with Crippen LogP contribution in [0.1, 0.15) is 35.7 Å². The molecule has 1 aliphatic heterocycles. The molecule has 0 fully saturated rings. The van der Waals surface area contributed by atoms with E-state index in [1.807, 2.05) is 10.6 Å². The maximum atomic E-state index is 11.8. The first-order chi connectivity index (χ1) is 10.7. The molecular formula is C16H19N3O3. The summed E-state index contributed by atoms with van der Waals surface area (Å²) in [5.74, 6) is 0.631. The number of hydrogen-bond acceptors (Lipinski definition) is 5. The van der Waals surface area contributed by atoms with Gasteiger partial charge in [0.25, 0.3) is 0 Å². The maximum absolute atomic E-state index is 11.8. The summed E-state index contributed by atoms with van der Waals surface area (Å²) in [6.45, 7) is 4.42. The molecule has 0 saturated heterocycles. The topological polar surface area (TPSA) is 79.4 Å². The lowest BCUT2D eigenvalue weighted by Crippen LogP contribution is -2.16. The molecule has 0 bridgehead atoms. The van der Waals surface area contributed by atoms with Gasteiger partial charge in [-0.2, -0.15) is 0 Å². The number of esters is 1. The first-order valence-electron chi connectivity index (χ1n) is 7.29. The highest BCUT2D eigenvalue weighted by Gasteiger charge is 2.24. The van der Waals surface area contributed by atoms with Crippen LogP contribution in [0, 0.1) is 0 Å². The van der Waals surface area contributed by atoms with E-state index in [9.17, 15) is 4.79 Å². The van der Waals surface area contributed by atoms with Crippen LogP contribution in [-0.2, 0) is 4.74 Å². The predicted molar refractivity (Wildman–Crippen MR) is 84.1 cm³/mol. The molecule has 1 aromatic heterocycles. The quantitative estimate of drug-likeness (QED) is 0.696. The van der Waals surface area contributed by atoms with Crippen molar-refractivity contribution < 1.29 is 14.3 Å². The number of carbonyl (C=O) groups excluding carboxylic acids is 1. The highest BCUT2D eigenvalue weighted by molar-refractivity contribution is 5.96. The van der Waals surface area contributed by atoms with Crippen LogP contribution in [0.3, 0.4) is 0 Å². The molecule has 0 amide bonds. The number of allylic oxidation sites excluding steroid dienone is 1. The van der Waals surface area contributed by atoms with Gasteiger partial charge in [-0.25, -0.2) is 9.78 Å². The molecule has 2 N–H and O–H groups in total. The molecule has 1 aliphatic rings. The van der Waals surface area contributed by atoms with Crippen LogP contribution in [0.15, 0.2) is 24.8 Å². The number of nitrogens with two attached hydrogens (primary N) is 1. The Bertz CT molecular complexity index is 736. The van der Waals surface area contributed by atoms with Gasteiger partial charge in [0, 0.05) is 6.04 Å². The van der Waals surface area contributed by atoms with Gasteiger partial charge in [-0.3, -0.25) is 0 Å². The molecule has 1 atom stereocenters. The van der Waals surface area contributed by atoms with Gasteiger partial charge in [0.05, 0.1) is 24.8 Å². The number of methoxy groups -OCH3 is 1. The van der Waals surface area contributed by atoms with Crippen molar-refractivity contribution in [1.82, 2.24) is 9.55 Å². The van der Waals surface area contributed by atoms with E-state index in [4.69, 9.17) is 15.2 Å². The SMILES string of the molecule is C=CCC1CCCOc2cc(C(=O)OC)cc3nc(N)n1c23. The van der Waals surface area contributed by atoms with E-state index >= 15 is 0 Å². The van der Waals surface area contributed by atoms with E-state index in [0.717, 1.165) is 24.8 Å². The average molecular weight is 301 g/mol. The van der Waals surface area contributed by atoms with Crippen LogP contribution in [0.25, 0.3) is 11.0 Å². The van der Waals surface area contributed by atoms with E-state index in [2.05, 4.69) is 11.6 Å². The van der Waals surface area contributed by atoms with Crippen LogP contribution in [0.4, 0.5) is 5.95 Å². The fraction of sp³-hybridized carbons (Fsp3) is 0.375. The molecule has 22 heavy (non-hydrogen) atoms. The number of carbonyl (C=O) groups is 1. The Morgan fingerprint density at radius 2 is 2.45 bits per heavy atom. The smallest absolute Gasteiger partial charge is 0.338 e. The molecule has 116 valence electrons. The Labute approximate surface area is 128 Å². The standard InChI is InChI=1S/C16H19N3O3/c1-3-5-11-6-4-7-22-13-9-10(15(20)21-2)8-12-14(13)19(11)16(17)18-12/h3,8-9,11H,1,4-7H2,2H3,(H2,17,18). The second-order valence-corrected chi connectivity index (χ2v) is 5.34. The molecule has 1 unspecified atom stereocenters. The zero-order chi connectivity index (χ0) is 15.7. The lowest BCUT2D eigenvalue weighted by atomic mass is 10.1. The van der Waals surface area contributed by atoms with E-state index in [1.165, 1.54) is 7.11 Å². The molecule has 1 aromatic carbocycles. The third-order valence-electron chi connectivity index (χ3n) is 3.94. The van der Waals surface area contributed by atoms with Crippen LogP contribution in [0.5, 0.6) is 5.75 Å². The van der Waals surface area contributed by atoms with Crippen molar-refractivity contribution in [2.75, 3.05) is 19.5 Å². The number of anilines is 1. The van der Waals surface area contributed by atoms with Crippen molar-refractivity contribution in [3.05, 3.63) is 30.4 Å². The van der Waals surface area contributed by atoms with Crippen LogP contribution < -0.4 is 10.5 Å². The zero-order valence-electron chi connectivity index (χ0n) is 12.5. The molecule has 0 radical (unpaired) electrons. The van der Waals surface area contributed by atoms with Crippen molar-refractivity contribution in [1.29, 1.82) is 0 Å². The molecule has 6 heteroatoms. The molecule has 0 aliphatic carbocycles. The summed E-state index contributed by atoms with van der Waals surface area (Å²) in [5, 5.41) is 0. The van der Waals surface area contributed by atoms with Crippen molar-refractivity contribution in [3.8, 4) is 5.75 Å². The summed E-state index contributed by atoms with van der Waals surface area (Å²) in [4.78, 5) is 16.2. The molecule has 3 rings (SSSR count). The Balaban J connectivity index is 2.24. The summed E-state index contributed by atoms with van der Waals surface area (Å²) in [6.07, 6.45) is 4.55. The monoisotopic (exact) mass is 301 g/mol. The summed E-state index contributed by atoms with van der Waals surface area (Å²) in [7, 11) is 1.35. The summed E-state index contributed by atoms with van der Waals surface area (Å²) < 4.78 is 12.6. The van der Waals surface area contributed by atoms with Crippen LogP contribution in [-0.4, -0.2) is 29.2 Å². The largest absolute Gasteiger partial charge is 0.491 e. The lowest BCUT2D eigenvalue weighted by molar-refractivity contribution is 0.0600. The number of nitrogen functional groups attached to an aromatic ring is 1. The van der Waals surface area contributed by atoms with Crippen LogP contribution in [0.2, 0.25) is 0 Å². The average Bonchev–Trinajstić information content (AvgIpc) is 2.83. The second-order valence-electron chi connectivity index (χ2n) is 5.34. The lowest BCUT2D eigenvalue weighted by Gasteiger charge is -2.23. The van der Waals surface area contributed by atoms with Crippen molar-refractivity contribution in [2.45, 2.75) is 25.3 Å². The number of ether oxygens (including phenoxy) is 2. The zero-order valence-corrected chi connectivity index (χ0v) is 12.5. The Morgan fingerprint density at radius 3 is 3.18 bits per heavy atom. The number of benzene rings is 1. The first kappa shape index (κ1) is 14.4. The Hall–Kier alpha value is -2.50. The highest BCUT2D eigenvalue weighted by atomic mass is 16.5. The summed E-state index contributed by atoms with van der Waals surface area (Å²) in [5.41, 5.74) is 8.00. The highest BCUT2D eigenvalue weighted by Crippen LogP contribution is 2.36. The third kappa shape index (κ3) is 2.30. The molecule has 2 heterocycles. The van der Waals surface area contributed by atoms with Crippen LogP contribution >= 0.6 is 0 Å². The van der Waals surface area contributed by atoms with E-state index in [0.29, 0.717) is 29.4 Å². The van der Waals surface area contributed by atoms with Gasteiger partial charge in [-0.05, 0) is 31.4 Å². The molecule has 6 nitrogen and oxygen atoms in total. The van der Waals surface area contributed by atoms with Gasteiger partial charge < -0.3 is 19.8 Å². The van der Waals surface area contributed by atoms with E-state index < -0.39 is 5.97 Å². The molecule has 0 spiro atoms. The van der Waals surface area contributed by atoms with Gasteiger partial charge >= 0.3 is 5.97 Å². The molecule has 2 aromatic rings. The number of hydrogen-bond donors (Lipinski definition) is 1. The third-order valence-corrected chi connectivity index (χ3v) is 3.94. The fourth-order valence-corrected chi connectivity index (χ4v) is 2.97. The minimum absolute atomic E-state index is 0.203. The molecule has 0 saturated carbocycles. The Kier molecular flexibility index (Phi) is 3.75.